The van der Waals surface area contributed by atoms with Crippen molar-refractivity contribution in [3.05, 3.63) is 34.2 Å². The first-order valence-electron chi connectivity index (χ1n) is 6.66. The van der Waals surface area contributed by atoms with Gasteiger partial charge in [-0.05, 0) is 23.1 Å². The van der Waals surface area contributed by atoms with Gasteiger partial charge in [0.15, 0.2) is 0 Å². The van der Waals surface area contributed by atoms with Gasteiger partial charge in [-0.3, -0.25) is 4.79 Å². The Bertz CT molecular complexity index is 656. The molecule has 0 bridgehead atoms. The molecule has 5 heteroatoms. The molecule has 0 amide bonds. The first-order chi connectivity index (χ1) is 9.81. The lowest BCUT2D eigenvalue weighted by molar-refractivity contribution is -0.136. The minimum absolute atomic E-state index is 0.0287. The summed E-state index contributed by atoms with van der Waals surface area (Å²) in [6.07, 6.45) is -0.0497. The average Bonchev–Trinajstić information content (AvgIpc) is 2.84. The van der Waals surface area contributed by atoms with Crippen molar-refractivity contribution in [1.29, 1.82) is 0 Å². The van der Waals surface area contributed by atoms with E-state index in [2.05, 4.69) is 31.8 Å². The summed E-state index contributed by atoms with van der Waals surface area (Å²) in [5, 5.41) is 11.3. The fraction of sp³-hybridized carbons (Fsp3) is 0.375. The molecular weight excluding hydrogens is 286 g/mol. The second-order valence-electron chi connectivity index (χ2n) is 5.86. The second kappa shape index (κ2) is 5.85. The summed E-state index contributed by atoms with van der Waals surface area (Å²) >= 11 is 1.36. The van der Waals surface area contributed by atoms with Crippen LogP contribution in [0, 0.1) is 0 Å². The van der Waals surface area contributed by atoms with Crippen LogP contribution in [-0.4, -0.2) is 23.2 Å². The highest BCUT2D eigenvalue weighted by atomic mass is 32.1. The molecule has 1 heterocycles. The minimum Gasteiger partial charge on any atom is -0.496 e. The fourth-order valence-corrected chi connectivity index (χ4v) is 2.81. The van der Waals surface area contributed by atoms with Crippen LogP contribution in [0.25, 0.3) is 11.3 Å². The van der Waals surface area contributed by atoms with E-state index in [1.165, 1.54) is 16.9 Å². The van der Waals surface area contributed by atoms with Crippen molar-refractivity contribution in [3.8, 4) is 17.0 Å². The maximum atomic E-state index is 10.8. The van der Waals surface area contributed by atoms with Crippen LogP contribution in [0.5, 0.6) is 5.75 Å². The van der Waals surface area contributed by atoms with Crippen LogP contribution < -0.4 is 4.74 Å². The molecule has 0 aliphatic heterocycles. The highest BCUT2D eigenvalue weighted by Gasteiger charge is 2.18. The largest absolute Gasteiger partial charge is 0.496 e. The molecule has 2 aromatic rings. The predicted octanol–water partition coefficient (Wildman–Crippen LogP) is 3.74. The summed E-state index contributed by atoms with van der Waals surface area (Å²) in [4.78, 5) is 15.2. The van der Waals surface area contributed by atoms with Gasteiger partial charge in [0, 0.05) is 10.9 Å². The van der Waals surface area contributed by atoms with E-state index in [0.29, 0.717) is 5.01 Å². The van der Waals surface area contributed by atoms with Crippen molar-refractivity contribution in [1.82, 2.24) is 4.98 Å². The molecule has 0 unspecified atom stereocenters. The number of carbonyl (C=O) groups is 1. The van der Waals surface area contributed by atoms with Gasteiger partial charge in [0.05, 0.1) is 19.2 Å². The number of methoxy groups -OCH3 is 1. The number of ether oxygens (including phenoxy) is 1. The van der Waals surface area contributed by atoms with Gasteiger partial charge in [0.2, 0.25) is 0 Å². The standard InChI is InChI=1S/C16H19NO3S/c1-16(2,3)10-5-6-13(20-4)11(7-10)12-9-21-14(17-12)8-15(18)19/h5-7,9H,8H2,1-4H3,(H,18,19). The van der Waals surface area contributed by atoms with E-state index in [4.69, 9.17) is 9.84 Å². The number of aliphatic carboxylic acids is 1. The summed E-state index contributed by atoms with van der Waals surface area (Å²) in [5.74, 6) is -0.124. The number of thiazole rings is 1. The van der Waals surface area contributed by atoms with E-state index in [1.807, 2.05) is 17.5 Å². The lowest BCUT2D eigenvalue weighted by Gasteiger charge is -2.20. The average molecular weight is 305 g/mol. The van der Waals surface area contributed by atoms with E-state index in [0.717, 1.165) is 17.0 Å². The Kier molecular flexibility index (Phi) is 4.32. The van der Waals surface area contributed by atoms with Crippen LogP contribution in [-0.2, 0) is 16.6 Å². The van der Waals surface area contributed by atoms with Gasteiger partial charge < -0.3 is 9.84 Å². The van der Waals surface area contributed by atoms with Crippen molar-refractivity contribution in [3.63, 3.8) is 0 Å². The summed E-state index contributed by atoms with van der Waals surface area (Å²) in [7, 11) is 1.63. The summed E-state index contributed by atoms with van der Waals surface area (Å²) < 4.78 is 5.41. The lowest BCUT2D eigenvalue weighted by Crippen LogP contribution is -2.11. The molecule has 0 radical (unpaired) electrons. The van der Waals surface area contributed by atoms with Gasteiger partial charge in [-0.1, -0.05) is 26.8 Å². The minimum atomic E-state index is -0.869. The molecule has 1 aromatic heterocycles. The number of aromatic nitrogens is 1. The number of hydrogen-bond donors (Lipinski definition) is 1. The van der Waals surface area contributed by atoms with Crippen molar-refractivity contribution in [2.45, 2.75) is 32.6 Å². The zero-order valence-corrected chi connectivity index (χ0v) is 13.5. The summed E-state index contributed by atoms with van der Waals surface area (Å²) in [6, 6.07) is 6.05. The number of nitrogens with zero attached hydrogens (tertiary/aromatic N) is 1. The third-order valence-corrected chi connectivity index (χ3v) is 4.04. The molecule has 1 N–H and O–H groups in total. The molecule has 0 aliphatic carbocycles. The molecule has 0 saturated carbocycles. The molecule has 21 heavy (non-hydrogen) atoms. The number of carboxylic acid groups (broad SMARTS) is 1. The molecule has 1 aromatic carbocycles. The molecule has 0 saturated heterocycles. The highest BCUT2D eigenvalue weighted by Crippen LogP contribution is 2.35. The topological polar surface area (TPSA) is 59.4 Å². The van der Waals surface area contributed by atoms with Gasteiger partial charge in [-0.15, -0.1) is 11.3 Å². The SMILES string of the molecule is COc1ccc(C(C)(C)C)cc1-c1csc(CC(=O)O)n1. The van der Waals surface area contributed by atoms with Crippen LogP contribution in [0.2, 0.25) is 0 Å². The van der Waals surface area contributed by atoms with E-state index in [-0.39, 0.29) is 11.8 Å². The van der Waals surface area contributed by atoms with E-state index in [1.54, 1.807) is 7.11 Å². The monoisotopic (exact) mass is 305 g/mol. The van der Waals surface area contributed by atoms with Crippen LogP contribution in [0.1, 0.15) is 31.3 Å². The number of carboxylic acids is 1. The zero-order chi connectivity index (χ0) is 15.6. The molecule has 0 spiro atoms. The van der Waals surface area contributed by atoms with Gasteiger partial charge >= 0.3 is 5.97 Å². The third kappa shape index (κ3) is 3.61. The molecule has 0 atom stereocenters. The van der Waals surface area contributed by atoms with Gasteiger partial charge in [0.1, 0.15) is 10.8 Å². The Morgan fingerprint density at radius 3 is 2.67 bits per heavy atom. The van der Waals surface area contributed by atoms with E-state index < -0.39 is 5.97 Å². The van der Waals surface area contributed by atoms with E-state index in [9.17, 15) is 4.79 Å². The molecular formula is C16H19NO3S. The predicted molar refractivity (Wildman–Crippen MR) is 84.1 cm³/mol. The maximum absolute atomic E-state index is 10.8. The Morgan fingerprint density at radius 1 is 1.38 bits per heavy atom. The molecule has 112 valence electrons. The summed E-state index contributed by atoms with van der Waals surface area (Å²) in [6.45, 7) is 6.44. The van der Waals surface area contributed by atoms with Crippen LogP contribution in [0.3, 0.4) is 0 Å². The van der Waals surface area contributed by atoms with E-state index >= 15 is 0 Å². The van der Waals surface area contributed by atoms with Crippen molar-refractivity contribution in [2.75, 3.05) is 7.11 Å². The molecule has 2 rings (SSSR count). The van der Waals surface area contributed by atoms with Gasteiger partial charge in [-0.2, -0.15) is 0 Å². The lowest BCUT2D eigenvalue weighted by atomic mass is 9.86. The Hall–Kier alpha value is -1.88. The molecule has 0 aliphatic rings. The first-order valence-corrected chi connectivity index (χ1v) is 7.54. The van der Waals surface area contributed by atoms with Gasteiger partial charge in [-0.25, -0.2) is 4.98 Å². The van der Waals surface area contributed by atoms with Crippen LogP contribution >= 0.6 is 11.3 Å². The summed E-state index contributed by atoms with van der Waals surface area (Å²) in [5.41, 5.74) is 2.88. The first kappa shape index (κ1) is 15.5. The maximum Gasteiger partial charge on any atom is 0.310 e. The quantitative estimate of drug-likeness (QED) is 0.934. The smallest absolute Gasteiger partial charge is 0.310 e. The number of rotatable bonds is 4. The number of benzene rings is 1. The molecule has 4 nitrogen and oxygen atoms in total. The van der Waals surface area contributed by atoms with Crippen LogP contribution in [0.4, 0.5) is 0 Å². The fourth-order valence-electron chi connectivity index (χ4n) is 2.02. The van der Waals surface area contributed by atoms with Crippen molar-refractivity contribution >= 4 is 17.3 Å². The Labute approximate surface area is 128 Å². The van der Waals surface area contributed by atoms with Gasteiger partial charge in [0.25, 0.3) is 0 Å². The third-order valence-electron chi connectivity index (χ3n) is 3.20. The normalized spacial score (nSPS) is 11.4. The van der Waals surface area contributed by atoms with Crippen LogP contribution in [0.15, 0.2) is 23.6 Å². The second-order valence-corrected chi connectivity index (χ2v) is 6.80. The Balaban J connectivity index is 2.46. The van der Waals surface area contributed by atoms with Crippen molar-refractivity contribution in [2.24, 2.45) is 0 Å². The Morgan fingerprint density at radius 2 is 2.10 bits per heavy atom. The highest BCUT2D eigenvalue weighted by molar-refractivity contribution is 7.10. The number of hydrogen-bond acceptors (Lipinski definition) is 4. The zero-order valence-electron chi connectivity index (χ0n) is 12.6. The van der Waals surface area contributed by atoms with Crippen molar-refractivity contribution < 1.29 is 14.6 Å². The molecule has 0 fully saturated rings.